The van der Waals surface area contributed by atoms with Crippen LogP contribution < -0.4 is 24.8 Å². The van der Waals surface area contributed by atoms with Crippen molar-refractivity contribution in [3.05, 3.63) is 17.7 Å². The van der Waals surface area contributed by atoms with Gasteiger partial charge in [-0.05, 0) is 44.3 Å². The SMILES string of the molecule is CN=C(NCCCN1CCCC(C)C1)NCc1cc2c(cc1OC(F)F)OCO2.I. The van der Waals surface area contributed by atoms with Crippen LogP contribution in [0.15, 0.2) is 17.1 Å². The van der Waals surface area contributed by atoms with Crippen molar-refractivity contribution in [2.75, 3.05) is 40.0 Å². The van der Waals surface area contributed by atoms with Gasteiger partial charge in [0.2, 0.25) is 6.79 Å². The minimum Gasteiger partial charge on any atom is -0.454 e. The van der Waals surface area contributed by atoms with Gasteiger partial charge in [-0.2, -0.15) is 8.78 Å². The van der Waals surface area contributed by atoms with Gasteiger partial charge in [-0.1, -0.05) is 6.92 Å². The summed E-state index contributed by atoms with van der Waals surface area (Å²) in [7, 11) is 1.68. The molecule has 0 aromatic heterocycles. The molecule has 0 aliphatic carbocycles. The predicted molar refractivity (Wildman–Crippen MR) is 122 cm³/mol. The molecule has 0 bridgehead atoms. The Bertz CT molecular complexity index is 709. The van der Waals surface area contributed by atoms with E-state index in [9.17, 15) is 8.78 Å². The van der Waals surface area contributed by atoms with Crippen LogP contribution in [0.25, 0.3) is 0 Å². The van der Waals surface area contributed by atoms with Gasteiger partial charge in [0.25, 0.3) is 0 Å². The summed E-state index contributed by atoms with van der Waals surface area (Å²) in [5.41, 5.74) is 0.541. The first-order chi connectivity index (χ1) is 14.0. The highest BCUT2D eigenvalue weighted by atomic mass is 127. The molecule has 2 heterocycles. The Hall–Kier alpha value is -1.56. The number of guanidine groups is 1. The Morgan fingerprint density at radius 3 is 2.77 bits per heavy atom. The van der Waals surface area contributed by atoms with E-state index in [0.29, 0.717) is 23.0 Å². The molecule has 10 heteroatoms. The van der Waals surface area contributed by atoms with Crippen LogP contribution in [-0.4, -0.2) is 57.5 Å². The standard InChI is InChI=1S/C20H30F2N4O3.HI/c1-14-5-3-7-26(12-14)8-4-6-24-20(23-2)25-11-15-9-17-18(28-13-27-17)10-16(15)29-19(21)22;/h9-10,14,19H,3-8,11-13H2,1-2H3,(H2,23,24,25);1H. The molecule has 2 N–H and O–H groups in total. The third kappa shape index (κ3) is 7.29. The molecular weight excluding hydrogens is 509 g/mol. The molecule has 0 saturated carbocycles. The minimum absolute atomic E-state index is 0. The van der Waals surface area contributed by atoms with E-state index >= 15 is 0 Å². The molecule has 2 aliphatic heterocycles. The summed E-state index contributed by atoms with van der Waals surface area (Å²) < 4.78 is 40.7. The van der Waals surface area contributed by atoms with E-state index in [-0.39, 0.29) is 43.1 Å². The van der Waals surface area contributed by atoms with E-state index in [1.807, 2.05) is 0 Å². The summed E-state index contributed by atoms with van der Waals surface area (Å²) >= 11 is 0. The maximum Gasteiger partial charge on any atom is 0.387 e. The van der Waals surface area contributed by atoms with Crippen LogP contribution in [0.3, 0.4) is 0 Å². The van der Waals surface area contributed by atoms with Crippen LogP contribution >= 0.6 is 24.0 Å². The highest BCUT2D eigenvalue weighted by Gasteiger charge is 2.20. The zero-order chi connectivity index (χ0) is 20.6. The highest BCUT2D eigenvalue weighted by molar-refractivity contribution is 14.0. The minimum atomic E-state index is -2.91. The van der Waals surface area contributed by atoms with Crippen molar-refractivity contribution in [1.82, 2.24) is 15.5 Å². The molecule has 170 valence electrons. The van der Waals surface area contributed by atoms with Crippen molar-refractivity contribution in [3.8, 4) is 17.2 Å². The van der Waals surface area contributed by atoms with Gasteiger partial charge in [0, 0.05) is 38.3 Å². The number of piperidine rings is 1. The summed E-state index contributed by atoms with van der Waals surface area (Å²) in [5.74, 6) is 2.36. The number of alkyl halides is 2. The fraction of sp³-hybridized carbons (Fsp3) is 0.650. The van der Waals surface area contributed by atoms with E-state index in [1.165, 1.54) is 32.0 Å². The second-order valence-corrected chi connectivity index (χ2v) is 7.45. The molecule has 1 atom stereocenters. The number of ether oxygens (including phenoxy) is 3. The van der Waals surface area contributed by atoms with Crippen molar-refractivity contribution < 1.29 is 23.0 Å². The summed E-state index contributed by atoms with van der Waals surface area (Å²) in [6, 6.07) is 3.08. The Labute approximate surface area is 193 Å². The van der Waals surface area contributed by atoms with Crippen LogP contribution in [0.1, 0.15) is 31.7 Å². The zero-order valence-electron chi connectivity index (χ0n) is 17.5. The molecule has 7 nitrogen and oxygen atoms in total. The number of rotatable bonds is 8. The van der Waals surface area contributed by atoms with Gasteiger partial charge >= 0.3 is 6.61 Å². The van der Waals surface area contributed by atoms with Crippen LogP contribution in [-0.2, 0) is 6.54 Å². The first-order valence-corrected chi connectivity index (χ1v) is 10.1. The first kappa shape index (κ1) is 24.7. The Morgan fingerprint density at radius 1 is 1.30 bits per heavy atom. The van der Waals surface area contributed by atoms with Gasteiger partial charge in [-0.3, -0.25) is 4.99 Å². The monoisotopic (exact) mass is 540 g/mol. The quantitative estimate of drug-likeness (QED) is 0.228. The molecule has 1 aromatic rings. The third-order valence-electron chi connectivity index (χ3n) is 5.13. The van der Waals surface area contributed by atoms with Gasteiger partial charge in [0.05, 0.1) is 0 Å². The molecule has 1 saturated heterocycles. The number of hydrogen-bond donors (Lipinski definition) is 2. The Balaban J connectivity index is 0.00000320. The number of fused-ring (bicyclic) bond motifs is 1. The van der Waals surface area contributed by atoms with Crippen molar-refractivity contribution in [2.24, 2.45) is 10.9 Å². The molecule has 2 aliphatic rings. The van der Waals surface area contributed by atoms with Gasteiger partial charge in [0.15, 0.2) is 17.5 Å². The van der Waals surface area contributed by atoms with Crippen LogP contribution in [0.2, 0.25) is 0 Å². The van der Waals surface area contributed by atoms with Gasteiger partial charge in [-0.15, -0.1) is 24.0 Å². The summed E-state index contributed by atoms with van der Waals surface area (Å²) in [4.78, 5) is 6.71. The normalized spacial score (nSPS) is 18.8. The number of halogens is 3. The van der Waals surface area contributed by atoms with Crippen molar-refractivity contribution in [3.63, 3.8) is 0 Å². The fourth-order valence-corrected chi connectivity index (χ4v) is 3.71. The largest absolute Gasteiger partial charge is 0.454 e. The third-order valence-corrected chi connectivity index (χ3v) is 5.13. The lowest BCUT2D eigenvalue weighted by Gasteiger charge is -2.30. The van der Waals surface area contributed by atoms with Crippen molar-refractivity contribution >= 4 is 29.9 Å². The lowest BCUT2D eigenvalue weighted by atomic mass is 10.0. The summed E-state index contributed by atoms with van der Waals surface area (Å²) in [5, 5.41) is 6.41. The highest BCUT2D eigenvalue weighted by Crippen LogP contribution is 2.38. The molecule has 0 radical (unpaired) electrons. The van der Waals surface area contributed by atoms with E-state index < -0.39 is 6.61 Å². The number of aliphatic imine (C=N–C) groups is 1. The van der Waals surface area contributed by atoms with E-state index in [4.69, 9.17) is 9.47 Å². The van der Waals surface area contributed by atoms with Crippen LogP contribution in [0.5, 0.6) is 17.2 Å². The van der Waals surface area contributed by atoms with Crippen LogP contribution in [0, 0.1) is 5.92 Å². The molecular formula is C20H31F2IN4O3. The molecule has 3 rings (SSSR count). The maximum atomic E-state index is 12.7. The first-order valence-electron chi connectivity index (χ1n) is 10.1. The lowest BCUT2D eigenvalue weighted by molar-refractivity contribution is -0.0505. The lowest BCUT2D eigenvalue weighted by Crippen LogP contribution is -2.39. The van der Waals surface area contributed by atoms with Crippen LogP contribution in [0.4, 0.5) is 8.78 Å². The molecule has 30 heavy (non-hydrogen) atoms. The fourth-order valence-electron chi connectivity index (χ4n) is 3.71. The average molecular weight is 540 g/mol. The molecule has 1 aromatic carbocycles. The second kappa shape index (κ2) is 12.3. The zero-order valence-corrected chi connectivity index (χ0v) is 19.8. The smallest absolute Gasteiger partial charge is 0.387 e. The van der Waals surface area contributed by atoms with Gasteiger partial charge in [-0.25, -0.2) is 0 Å². The number of benzene rings is 1. The van der Waals surface area contributed by atoms with Crippen molar-refractivity contribution in [2.45, 2.75) is 39.3 Å². The number of hydrogen-bond acceptors (Lipinski definition) is 5. The van der Waals surface area contributed by atoms with Gasteiger partial charge in [0.1, 0.15) is 5.75 Å². The van der Waals surface area contributed by atoms with E-state index in [2.05, 4.69) is 32.2 Å². The average Bonchev–Trinajstić information content (AvgIpc) is 3.14. The van der Waals surface area contributed by atoms with Crippen molar-refractivity contribution in [1.29, 1.82) is 0 Å². The summed E-state index contributed by atoms with van der Waals surface area (Å²) in [6.07, 6.45) is 3.61. The Morgan fingerprint density at radius 2 is 2.07 bits per heavy atom. The summed E-state index contributed by atoms with van der Waals surface area (Å²) in [6.45, 7) is 3.91. The Kier molecular flexibility index (Phi) is 10.2. The molecule has 1 fully saturated rings. The molecule has 0 spiro atoms. The topological polar surface area (TPSA) is 67.4 Å². The number of nitrogens with zero attached hydrogens (tertiary/aromatic N) is 2. The number of likely N-dealkylation sites (tertiary alicyclic amines) is 1. The number of nitrogens with one attached hydrogen (secondary N) is 2. The predicted octanol–water partition coefficient (Wildman–Crippen LogP) is 3.42. The maximum absolute atomic E-state index is 12.7. The van der Waals surface area contributed by atoms with E-state index in [1.54, 1.807) is 13.1 Å². The second-order valence-electron chi connectivity index (χ2n) is 7.45. The van der Waals surface area contributed by atoms with Gasteiger partial charge < -0.3 is 29.7 Å². The molecule has 1 unspecified atom stereocenters. The molecule has 0 amide bonds. The van der Waals surface area contributed by atoms with E-state index in [0.717, 1.165) is 25.4 Å².